The van der Waals surface area contributed by atoms with Gasteiger partial charge in [0.05, 0.1) is 26.2 Å². The van der Waals surface area contributed by atoms with Crippen LogP contribution in [0, 0.1) is 0 Å². The Balaban J connectivity index is 4.90. The van der Waals surface area contributed by atoms with Crippen molar-refractivity contribution in [3.8, 4) is 0 Å². The summed E-state index contributed by atoms with van der Waals surface area (Å²) < 4.78 is 1.49. The van der Waals surface area contributed by atoms with Crippen LogP contribution in [-0.2, 0) is 0 Å². The zero-order valence-electron chi connectivity index (χ0n) is 43.3. The van der Waals surface area contributed by atoms with Gasteiger partial charge in [-0.2, -0.15) is 0 Å². The van der Waals surface area contributed by atoms with E-state index >= 15 is 0 Å². The highest BCUT2D eigenvalue weighted by Gasteiger charge is 2.25. The number of quaternary nitrogens is 1. The Morgan fingerprint density at radius 2 is 0.233 bits per heavy atom. The molecule has 0 fully saturated rings. The van der Waals surface area contributed by atoms with Crippen LogP contribution in [0.15, 0.2) is 0 Å². The van der Waals surface area contributed by atoms with Gasteiger partial charge in [0.25, 0.3) is 0 Å². The van der Waals surface area contributed by atoms with Crippen molar-refractivity contribution in [2.24, 2.45) is 0 Å². The summed E-state index contributed by atoms with van der Waals surface area (Å²) >= 11 is 0. The fraction of sp³-hybridized carbons (Fsp3) is 1.00. The second-order valence-corrected chi connectivity index (χ2v) is 20.9. The highest BCUT2D eigenvalue weighted by atomic mass is 15.3. The van der Waals surface area contributed by atoms with Crippen molar-refractivity contribution in [2.75, 3.05) is 26.2 Å². The van der Waals surface area contributed by atoms with Gasteiger partial charge in [-0.1, -0.05) is 304 Å². The molecule has 0 saturated carbocycles. The van der Waals surface area contributed by atoms with Gasteiger partial charge in [-0.25, -0.2) is 0 Å². The lowest BCUT2D eigenvalue weighted by Crippen LogP contribution is -2.50. The molecule has 0 aliphatic carbocycles. The fourth-order valence-electron chi connectivity index (χ4n) is 10.4. The first-order valence-corrected chi connectivity index (χ1v) is 29.6. The highest BCUT2D eigenvalue weighted by molar-refractivity contribution is 4.57. The van der Waals surface area contributed by atoms with Crippen LogP contribution in [-0.4, -0.2) is 30.7 Å². The summed E-state index contributed by atoms with van der Waals surface area (Å²) in [5, 5.41) is 0. The van der Waals surface area contributed by atoms with Gasteiger partial charge >= 0.3 is 0 Å². The fourth-order valence-corrected chi connectivity index (χ4v) is 10.4. The molecule has 0 unspecified atom stereocenters. The summed E-state index contributed by atoms with van der Waals surface area (Å²) in [6.45, 7) is 15.3. The normalized spacial score (nSPS) is 12.0. The summed E-state index contributed by atoms with van der Waals surface area (Å²) in [6.07, 6.45) is 75.2. The Morgan fingerprint density at radius 1 is 0.133 bits per heavy atom. The predicted molar refractivity (Wildman–Crippen MR) is 278 cm³/mol. The molecule has 1 heteroatoms. The topological polar surface area (TPSA) is 0 Å². The largest absolute Gasteiger partial charge is 0.324 e. The Labute approximate surface area is 384 Å². The molecular weight excluding hydrogens is 723 g/mol. The summed E-state index contributed by atoms with van der Waals surface area (Å²) in [5.41, 5.74) is 0. The molecule has 0 heterocycles. The van der Waals surface area contributed by atoms with Crippen molar-refractivity contribution in [3.63, 3.8) is 0 Å². The van der Waals surface area contributed by atoms with Gasteiger partial charge in [0.2, 0.25) is 0 Å². The van der Waals surface area contributed by atoms with Gasteiger partial charge in [-0.3, -0.25) is 0 Å². The lowest BCUT2D eigenvalue weighted by atomic mass is 10.0. The first kappa shape index (κ1) is 60.0. The zero-order chi connectivity index (χ0) is 43.4. The van der Waals surface area contributed by atoms with E-state index in [1.165, 1.54) is 358 Å². The van der Waals surface area contributed by atoms with Crippen LogP contribution >= 0.6 is 0 Å². The molecule has 0 aliphatic rings. The SMILES string of the molecule is CCCCCCCCCCCCCCCCC[N+](CCCCCCCCCCCCCC)(CCCCCCCCCCCCCC)CCCCCCCCCCCCCC. The van der Waals surface area contributed by atoms with Crippen LogP contribution in [0.4, 0.5) is 0 Å². The van der Waals surface area contributed by atoms with E-state index in [9.17, 15) is 0 Å². The Morgan fingerprint density at radius 3 is 0.350 bits per heavy atom. The number of hydrogen-bond donors (Lipinski definition) is 0. The van der Waals surface area contributed by atoms with Gasteiger partial charge in [0, 0.05) is 0 Å². The molecule has 0 aliphatic heterocycles. The van der Waals surface area contributed by atoms with E-state index in [-0.39, 0.29) is 0 Å². The van der Waals surface area contributed by atoms with Crippen molar-refractivity contribution >= 4 is 0 Å². The highest BCUT2D eigenvalue weighted by Crippen LogP contribution is 2.22. The molecule has 362 valence electrons. The van der Waals surface area contributed by atoms with Crippen LogP contribution < -0.4 is 0 Å². The van der Waals surface area contributed by atoms with Crippen LogP contribution in [0.5, 0.6) is 0 Å². The molecule has 0 aromatic heterocycles. The van der Waals surface area contributed by atoms with Gasteiger partial charge in [0.1, 0.15) is 0 Å². The van der Waals surface area contributed by atoms with Crippen molar-refractivity contribution in [2.45, 2.75) is 355 Å². The minimum atomic E-state index is 1.37. The van der Waals surface area contributed by atoms with E-state index in [1.807, 2.05) is 0 Å². The predicted octanol–water partition coefficient (Wildman–Crippen LogP) is 21.8. The second-order valence-electron chi connectivity index (χ2n) is 20.9. The quantitative estimate of drug-likeness (QED) is 0.0423. The lowest BCUT2D eigenvalue weighted by Gasteiger charge is -2.40. The average Bonchev–Trinajstić information content (AvgIpc) is 3.26. The van der Waals surface area contributed by atoms with Gasteiger partial charge in [-0.05, 0) is 51.4 Å². The van der Waals surface area contributed by atoms with Gasteiger partial charge < -0.3 is 4.48 Å². The van der Waals surface area contributed by atoms with E-state index in [0.717, 1.165) is 0 Å². The van der Waals surface area contributed by atoms with Gasteiger partial charge in [0.15, 0.2) is 0 Å². The van der Waals surface area contributed by atoms with Crippen molar-refractivity contribution in [1.29, 1.82) is 0 Å². The van der Waals surface area contributed by atoms with Crippen molar-refractivity contribution < 1.29 is 4.48 Å². The molecule has 60 heavy (non-hydrogen) atoms. The minimum Gasteiger partial charge on any atom is -0.324 e. The maximum Gasteiger partial charge on any atom is 0.0786 e. The monoisotopic (exact) mass is 845 g/mol. The van der Waals surface area contributed by atoms with E-state index in [2.05, 4.69) is 27.7 Å². The molecule has 0 N–H and O–H groups in total. The Bertz CT molecular complexity index is 660. The number of unbranched alkanes of at least 4 members (excludes halogenated alkanes) is 47. The van der Waals surface area contributed by atoms with Crippen LogP contribution in [0.2, 0.25) is 0 Å². The first-order valence-electron chi connectivity index (χ1n) is 29.6. The molecule has 0 rings (SSSR count). The van der Waals surface area contributed by atoms with Gasteiger partial charge in [-0.15, -0.1) is 0 Å². The standard InChI is InChI=1S/C59H122N/c1-5-9-13-17-21-25-29-33-34-35-39-43-47-51-55-59-60(56-52-48-44-40-36-30-26-22-18-14-10-6-2,57-53-49-45-41-37-31-27-23-19-15-11-7-3)58-54-50-46-42-38-32-28-24-20-16-12-8-4/h5-59H2,1-4H3/q+1. The summed E-state index contributed by atoms with van der Waals surface area (Å²) in [6, 6.07) is 0. The minimum absolute atomic E-state index is 1.37. The number of hydrogen-bond acceptors (Lipinski definition) is 0. The number of nitrogens with zero attached hydrogens (tertiary/aromatic N) is 1. The third kappa shape index (κ3) is 47.4. The molecular formula is C59H122N+. The lowest BCUT2D eigenvalue weighted by molar-refractivity contribution is -0.929. The van der Waals surface area contributed by atoms with Crippen LogP contribution in [0.25, 0.3) is 0 Å². The molecule has 0 saturated heterocycles. The third-order valence-corrected chi connectivity index (χ3v) is 14.7. The van der Waals surface area contributed by atoms with E-state index in [4.69, 9.17) is 0 Å². The Kier molecular flexibility index (Phi) is 53.3. The van der Waals surface area contributed by atoms with Crippen molar-refractivity contribution in [3.05, 3.63) is 0 Å². The molecule has 0 atom stereocenters. The summed E-state index contributed by atoms with van der Waals surface area (Å²) in [7, 11) is 0. The summed E-state index contributed by atoms with van der Waals surface area (Å²) in [5.74, 6) is 0. The van der Waals surface area contributed by atoms with Crippen molar-refractivity contribution in [1.82, 2.24) is 0 Å². The molecule has 0 aromatic rings. The zero-order valence-corrected chi connectivity index (χ0v) is 43.3. The molecule has 0 amide bonds. The molecule has 0 aromatic carbocycles. The summed E-state index contributed by atoms with van der Waals surface area (Å²) in [4.78, 5) is 0. The maximum absolute atomic E-state index is 2.34. The smallest absolute Gasteiger partial charge is 0.0786 e. The molecule has 1 nitrogen and oxygen atoms in total. The molecule has 0 radical (unpaired) electrons. The molecule has 0 bridgehead atoms. The maximum atomic E-state index is 2.34. The Hall–Kier alpha value is -0.0400. The van der Waals surface area contributed by atoms with E-state index in [0.29, 0.717) is 0 Å². The average molecular weight is 846 g/mol. The van der Waals surface area contributed by atoms with Crippen LogP contribution in [0.3, 0.4) is 0 Å². The first-order chi connectivity index (χ1) is 29.7. The number of rotatable bonds is 55. The van der Waals surface area contributed by atoms with Crippen LogP contribution in [0.1, 0.15) is 355 Å². The second kappa shape index (κ2) is 53.3. The van der Waals surface area contributed by atoms with E-state index < -0.39 is 0 Å². The molecule has 0 spiro atoms. The third-order valence-electron chi connectivity index (χ3n) is 14.7. The van der Waals surface area contributed by atoms with E-state index in [1.54, 1.807) is 0 Å².